The first-order valence-electron chi connectivity index (χ1n) is 10.6. The summed E-state index contributed by atoms with van der Waals surface area (Å²) in [6.07, 6.45) is 1.73. The van der Waals surface area contributed by atoms with Crippen molar-refractivity contribution in [2.45, 2.75) is 13.1 Å². The van der Waals surface area contributed by atoms with Crippen LogP contribution in [0.25, 0.3) is 11.4 Å². The van der Waals surface area contributed by atoms with E-state index in [-0.39, 0.29) is 17.1 Å². The van der Waals surface area contributed by atoms with Crippen LogP contribution in [0.5, 0.6) is 5.75 Å². The highest BCUT2D eigenvalue weighted by Crippen LogP contribution is 2.31. The van der Waals surface area contributed by atoms with Gasteiger partial charge in [-0.2, -0.15) is 23.4 Å². The minimum Gasteiger partial charge on any atom is -0.494 e. The highest BCUT2D eigenvalue weighted by Gasteiger charge is 2.30. The summed E-state index contributed by atoms with van der Waals surface area (Å²) in [6.45, 7) is 1.57. The van der Waals surface area contributed by atoms with E-state index in [0.29, 0.717) is 17.1 Å². The van der Waals surface area contributed by atoms with Crippen molar-refractivity contribution in [1.82, 2.24) is 19.6 Å². The molecule has 4 rings (SSSR count). The van der Waals surface area contributed by atoms with Crippen LogP contribution in [0.15, 0.2) is 94.7 Å². The van der Waals surface area contributed by atoms with E-state index in [1.807, 2.05) is 0 Å². The van der Waals surface area contributed by atoms with Crippen molar-refractivity contribution in [3.63, 3.8) is 0 Å². The molecule has 0 saturated heterocycles. The van der Waals surface area contributed by atoms with Crippen LogP contribution in [0.1, 0.15) is 18.2 Å². The molecule has 0 spiro atoms. The van der Waals surface area contributed by atoms with Crippen molar-refractivity contribution in [3.8, 4) is 17.1 Å². The molecule has 0 unspecified atom stereocenters. The van der Waals surface area contributed by atoms with Gasteiger partial charge in [0.1, 0.15) is 11.4 Å². The predicted molar refractivity (Wildman–Crippen MR) is 129 cm³/mol. The lowest BCUT2D eigenvalue weighted by Gasteiger charge is -2.13. The standard InChI is InChI=1S/C25H21F3N6O2/c1-16(29)13-20(31-18-6-3-5-17(14-18)25(26,27)28)24-22(35)9-12-34(32-24)21-8-7-19(15-23(21)36-2)33-11-4-10-30-33/h3-15H,29H2,1-2H3. The lowest BCUT2D eigenvalue weighted by Crippen LogP contribution is -2.21. The third-order valence-corrected chi connectivity index (χ3v) is 5.02. The highest BCUT2D eigenvalue weighted by atomic mass is 19.4. The van der Waals surface area contributed by atoms with Gasteiger partial charge in [0.25, 0.3) is 0 Å². The lowest BCUT2D eigenvalue weighted by molar-refractivity contribution is -0.137. The molecule has 0 radical (unpaired) electrons. The number of hydrogen-bond acceptors (Lipinski definition) is 6. The molecule has 2 aromatic heterocycles. The number of aliphatic imine (C=N–C) groups is 1. The monoisotopic (exact) mass is 494 g/mol. The van der Waals surface area contributed by atoms with Crippen LogP contribution in [-0.4, -0.2) is 32.4 Å². The van der Waals surface area contributed by atoms with Gasteiger partial charge in [-0.25, -0.2) is 14.4 Å². The van der Waals surface area contributed by atoms with Crippen LogP contribution in [0.2, 0.25) is 0 Å². The molecule has 0 atom stereocenters. The number of nitrogens with two attached hydrogens (primary N) is 1. The Hall–Kier alpha value is -4.67. The fourth-order valence-electron chi connectivity index (χ4n) is 3.40. The Morgan fingerprint density at radius 3 is 2.56 bits per heavy atom. The SMILES string of the molecule is COc1cc(-n2cccn2)ccc1-n1ccc(=O)c(C(C=C(C)N)=Nc2cccc(C(F)(F)F)c2)n1. The van der Waals surface area contributed by atoms with Crippen LogP contribution in [-0.2, 0) is 6.18 Å². The van der Waals surface area contributed by atoms with Crippen LogP contribution >= 0.6 is 0 Å². The van der Waals surface area contributed by atoms with Crippen LogP contribution < -0.4 is 15.9 Å². The first kappa shape index (κ1) is 24.5. The number of methoxy groups -OCH3 is 1. The van der Waals surface area contributed by atoms with Crippen molar-refractivity contribution < 1.29 is 17.9 Å². The molecular weight excluding hydrogens is 473 g/mol. The summed E-state index contributed by atoms with van der Waals surface area (Å²) in [5, 5.41) is 8.61. The smallest absolute Gasteiger partial charge is 0.416 e. The average Bonchev–Trinajstić information content (AvgIpc) is 3.38. The van der Waals surface area contributed by atoms with Crippen LogP contribution in [0.4, 0.5) is 18.9 Å². The Morgan fingerprint density at radius 2 is 1.89 bits per heavy atom. The Balaban J connectivity index is 1.83. The molecular formula is C25H21F3N6O2. The molecule has 2 N–H and O–H groups in total. The molecule has 36 heavy (non-hydrogen) atoms. The van der Waals surface area contributed by atoms with E-state index in [1.165, 1.54) is 42.3 Å². The minimum absolute atomic E-state index is 0.00455. The predicted octanol–water partition coefficient (Wildman–Crippen LogP) is 4.43. The van der Waals surface area contributed by atoms with E-state index in [1.54, 1.807) is 48.3 Å². The molecule has 0 fully saturated rings. The zero-order valence-electron chi connectivity index (χ0n) is 19.3. The van der Waals surface area contributed by atoms with Crippen molar-refractivity contribution in [1.29, 1.82) is 0 Å². The quantitative estimate of drug-likeness (QED) is 0.400. The number of benzene rings is 2. The van der Waals surface area contributed by atoms with Crippen molar-refractivity contribution in [2.24, 2.45) is 10.7 Å². The minimum atomic E-state index is -4.54. The zero-order valence-corrected chi connectivity index (χ0v) is 19.3. The van der Waals surface area contributed by atoms with Crippen molar-refractivity contribution in [3.05, 3.63) is 106 Å². The molecule has 4 aromatic rings. The van der Waals surface area contributed by atoms with Gasteiger partial charge in [0.15, 0.2) is 5.69 Å². The number of aromatic nitrogens is 4. The van der Waals surface area contributed by atoms with E-state index in [2.05, 4.69) is 15.2 Å². The number of hydrogen-bond donors (Lipinski definition) is 1. The second-order valence-corrected chi connectivity index (χ2v) is 7.71. The van der Waals surface area contributed by atoms with E-state index in [4.69, 9.17) is 10.5 Å². The Labute approximate surface area is 203 Å². The van der Waals surface area contributed by atoms with Gasteiger partial charge in [-0.05, 0) is 49.4 Å². The molecule has 2 heterocycles. The number of halogens is 3. The van der Waals surface area contributed by atoms with Crippen molar-refractivity contribution in [2.75, 3.05) is 7.11 Å². The molecule has 8 nitrogen and oxygen atoms in total. The summed E-state index contributed by atoms with van der Waals surface area (Å²) >= 11 is 0. The Bertz CT molecular complexity index is 1500. The molecule has 0 aliphatic heterocycles. The number of alkyl halides is 3. The van der Waals surface area contributed by atoms with E-state index >= 15 is 0 Å². The second-order valence-electron chi connectivity index (χ2n) is 7.71. The first-order valence-corrected chi connectivity index (χ1v) is 10.6. The fourth-order valence-corrected chi connectivity index (χ4v) is 3.40. The fraction of sp³-hybridized carbons (Fsp3) is 0.120. The third-order valence-electron chi connectivity index (χ3n) is 5.02. The summed E-state index contributed by atoms with van der Waals surface area (Å²) < 4.78 is 48.1. The topological polar surface area (TPSA) is 100 Å². The number of nitrogens with zero attached hydrogens (tertiary/aromatic N) is 5. The van der Waals surface area contributed by atoms with E-state index in [0.717, 1.165) is 17.8 Å². The molecule has 0 aliphatic rings. The average molecular weight is 494 g/mol. The van der Waals surface area contributed by atoms with Gasteiger partial charge in [-0.3, -0.25) is 4.79 Å². The zero-order chi connectivity index (χ0) is 25.9. The molecule has 184 valence electrons. The molecule has 0 bridgehead atoms. The first-order chi connectivity index (χ1) is 17.2. The lowest BCUT2D eigenvalue weighted by atomic mass is 10.1. The number of rotatable bonds is 6. The van der Waals surface area contributed by atoms with E-state index in [9.17, 15) is 18.0 Å². The normalized spacial score (nSPS) is 12.6. The van der Waals surface area contributed by atoms with Gasteiger partial charge in [0.05, 0.1) is 29.8 Å². The van der Waals surface area contributed by atoms with Gasteiger partial charge in [-0.1, -0.05) is 6.07 Å². The third kappa shape index (κ3) is 5.35. The summed E-state index contributed by atoms with van der Waals surface area (Å²) in [5.41, 5.74) is 5.94. The summed E-state index contributed by atoms with van der Waals surface area (Å²) in [6, 6.07) is 12.8. The van der Waals surface area contributed by atoms with Gasteiger partial charge >= 0.3 is 6.18 Å². The van der Waals surface area contributed by atoms with E-state index < -0.39 is 17.2 Å². The van der Waals surface area contributed by atoms with Gasteiger partial charge in [0, 0.05) is 36.4 Å². The summed E-state index contributed by atoms with van der Waals surface area (Å²) in [5.74, 6) is 0.451. The molecule has 2 aromatic carbocycles. The van der Waals surface area contributed by atoms with Crippen molar-refractivity contribution >= 4 is 11.4 Å². The van der Waals surface area contributed by atoms with Gasteiger partial charge in [-0.15, -0.1) is 0 Å². The van der Waals surface area contributed by atoms with Crippen LogP contribution in [0, 0.1) is 0 Å². The van der Waals surface area contributed by atoms with Gasteiger partial charge < -0.3 is 10.5 Å². The Kier molecular flexibility index (Phi) is 6.73. The highest BCUT2D eigenvalue weighted by molar-refractivity contribution is 6.08. The molecule has 0 saturated carbocycles. The Morgan fingerprint density at radius 1 is 1.08 bits per heavy atom. The summed E-state index contributed by atoms with van der Waals surface area (Å²) in [7, 11) is 1.50. The largest absolute Gasteiger partial charge is 0.494 e. The summed E-state index contributed by atoms with van der Waals surface area (Å²) in [4.78, 5) is 17.0. The van der Waals surface area contributed by atoms with Gasteiger partial charge in [0.2, 0.25) is 5.43 Å². The maximum absolute atomic E-state index is 13.2. The second kappa shape index (κ2) is 9.90. The molecule has 0 amide bonds. The maximum Gasteiger partial charge on any atom is 0.416 e. The number of allylic oxidation sites excluding steroid dienone is 2. The maximum atomic E-state index is 13.2. The number of ether oxygens (including phenoxy) is 1. The molecule has 0 aliphatic carbocycles. The molecule has 11 heteroatoms. The van der Waals surface area contributed by atoms with Crippen LogP contribution in [0.3, 0.4) is 0 Å².